The number of rotatable bonds is 3. The molecule has 2 aromatic carbocycles. The van der Waals surface area contributed by atoms with Crippen molar-refractivity contribution in [3.05, 3.63) is 78.6 Å². The first-order chi connectivity index (χ1) is 12.5. The maximum absolute atomic E-state index is 9.90. The second-order valence-corrected chi connectivity index (χ2v) is 5.11. The Morgan fingerprint density at radius 2 is 1.50 bits per heavy atom. The molecule has 4 heteroatoms. The van der Waals surface area contributed by atoms with Gasteiger partial charge in [-0.15, -0.1) is 0 Å². The van der Waals surface area contributed by atoms with Crippen molar-refractivity contribution >= 4 is 11.7 Å². The molecule has 2 N–H and O–H groups in total. The Balaban J connectivity index is -0.000000207. The molecular formula is C24H39NO2W. The monoisotopic (exact) mass is 557 g/mol. The third-order valence-electron chi connectivity index (χ3n) is 3.40. The molecule has 0 radical (unpaired) electrons. The predicted molar refractivity (Wildman–Crippen MR) is 121 cm³/mol. The predicted octanol–water partition coefficient (Wildman–Crippen LogP) is 6.36. The number of hydrogen-bond acceptors (Lipinski definition) is 3. The fourth-order valence-electron chi connectivity index (χ4n) is 2.04. The molecule has 0 saturated heterocycles. The van der Waals surface area contributed by atoms with E-state index in [1.807, 2.05) is 33.8 Å². The molecule has 0 spiro atoms. The van der Waals surface area contributed by atoms with Crippen LogP contribution >= 0.6 is 0 Å². The Morgan fingerprint density at radius 1 is 1.00 bits per heavy atom. The number of esters is 1. The Bertz CT molecular complexity index is 608. The minimum atomic E-state index is -0.282. The minimum absolute atomic E-state index is 0. The number of carbonyl (C=O) groups is 1. The van der Waals surface area contributed by atoms with Gasteiger partial charge in [0.2, 0.25) is 0 Å². The summed E-state index contributed by atoms with van der Waals surface area (Å²) in [7, 11) is 1.35. The number of nitrogen functional groups attached to an aromatic ring is 1. The maximum Gasteiger partial charge on any atom is 2.00 e. The second-order valence-electron chi connectivity index (χ2n) is 5.11. The van der Waals surface area contributed by atoms with Crippen LogP contribution in [0.15, 0.2) is 42.5 Å². The number of hydrogen-bond donors (Lipinski definition) is 1. The first kappa shape index (κ1) is 33.8. The van der Waals surface area contributed by atoms with Gasteiger partial charge >= 0.3 is 21.1 Å². The van der Waals surface area contributed by atoms with E-state index in [2.05, 4.69) is 55.0 Å². The largest absolute Gasteiger partial charge is 2.00 e. The second kappa shape index (κ2) is 21.6. The molecule has 2 aromatic rings. The summed E-state index contributed by atoms with van der Waals surface area (Å²) in [5.74, 6) is -0.282. The third-order valence-corrected chi connectivity index (χ3v) is 3.40. The van der Waals surface area contributed by atoms with Crippen LogP contribution in [0.4, 0.5) is 5.69 Å². The first-order valence-corrected chi connectivity index (χ1v) is 9.24. The standard InChI is InChI=1S/C15H17N.C4H7O2.2C2H6.CH3.W/c1-11-8-12(2)15(16)10-14(11)9-13-6-4-3-5-7-13;1-3-4(5)6-2;2*1-2;;/h3-8,10H,9,16H2,1-2H3;3H,1-2H3;2*1-2H3;1H3;/q;-1;;;-1;+2. The molecule has 28 heavy (non-hydrogen) atoms. The van der Waals surface area contributed by atoms with Gasteiger partial charge in [-0.2, -0.15) is 6.92 Å². The number of methoxy groups -OCH3 is 1. The van der Waals surface area contributed by atoms with E-state index >= 15 is 0 Å². The number of nitrogens with two attached hydrogens (primary N) is 1. The van der Waals surface area contributed by atoms with Crippen LogP contribution in [0, 0.1) is 27.7 Å². The summed E-state index contributed by atoms with van der Waals surface area (Å²) < 4.78 is 4.20. The molecular weight excluding hydrogens is 518 g/mol. The zero-order chi connectivity index (χ0) is 20.5. The third kappa shape index (κ3) is 14.3. The van der Waals surface area contributed by atoms with Gasteiger partial charge in [0.05, 0.1) is 7.11 Å². The van der Waals surface area contributed by atoms with E-state index in [9.17, 15) is 4.79 Å². The van der Waals surface area contributed by atoms with Crippen LogP contribution in [-0.2, 0) is 37.0 Å². The number of carbonyl (C=O) groups excluding carboxylic acids is 1. The van der Waals surface area contributed by atoms with Crippen molar-refractivity contribution in [2.75, 3.05) is 12.8 Å². The van der Waals surface area contributed by atoms with E-state index in [-0.39, 0.29) is 34.5 Å². The summed E-state index contributed by atoms with van der Waals surface area (Å²) in [4.78, 5) is 9.90. The molecule has 0 unspecified atom stereocenters. The van der Waals surface area contributed by atoms with Crippen molar-refractivity contribution in [1.29, 1.82) is 0 Å². The number of aryl methyl sites for hydroxylation is 2. The minimum Gasteiger partial charge on any atom is -0.491 e. The molecule has 158 valence electrons. The Labute approximate surface area is 188 Å². The zero-order valence-corrected chi connectivity index (χ0v) is 22.1. The van der Waals surface area contributed by atoms with Crippen LogP contribution in [0.1, 0.15) is 56.9 Å². The van der Waals surface area contributed by atoms with E-state index in [0.717, 1.165) is 17.7 Å². The van der Waals surface area contributed by atoms with E-state index < -0.39 is 0 Å². The topological polar surface area (TPSA) is 52.3 Å². The van der Waals surface area contributed by atoms with Crippen molar-refractivity contribution in [2.24, 2.45) is 0 Å². The van der Waals surface area contributed by atoms with Crippen molar-refractivity contribution in [3.8, 4) is 0 Å². The van der Waals surface area contributed by atoms with E-state index in [1.165, 1.54) is 30.2 Å². The zero-order valence-electron chi connectivity index (χ0n) is 19.1. The van der Waals surface area contributed by atoms with Crippen LogP contribution < -0.4 is 5.73 Å². The van der Waals surface area contributed by atoms with Gasteiger partial charge in [0.1, 0.15) is 0 Å². The van der Waals surface area contributed by atoms with Crippen molar-refractivity contribution in [2.45, 2.75) is 54.9 Å². The molecule has 0 amide bonds. The van der Waals surface area contributed by atoms with Crippen LogP contribution in [0.2, 0.25) is 0 Å². The fourth-order valence-corrected chi connectivity index (χ4v) is 2.04. The number of benzene rings is 2. The summed E-state index contributed by atoms with van der Waals surface area (Å²) in [6.07, 6.45) is 2.32. The first-order valence-electron chi connectivity index (χ1n) is 9.24. The van der Waals surface area contributed by atoms with E-state index in [1.54, 1.807) is 6.92 Å². The Kier molecular flexibility index (Phi) is 26.1. The molecule has 0 aliphatic rings. The van der Waals surface area contributed by atoms with E-state index in [4.69, 9.17) is 5.73 Å². The average molecular weight is 557 g/mol. The number of ether oxygens (including phenoxy) is 1. The van der Waals surface area contributed by atoms with Crippen molar-refractivity contribution < 1.29 is 30.6 Å². The summed E-state index contributed by atoms with van der Waals surface area (Å²) in [5, 5.41) is 0. The van der Waals surface area contributed by atoms with Gasteiger partial charge in [-0.05, 0) is 48.6 Å². The molecule has 0 aliphatic heterocycles. The van der Waals surface area contributed by atoms with Gasteiger partial charge in [0.15, 0.2) is 5.97 Å². The molecule has 0 fully saturated rings. The van der Waals surface area contributed by atoms with Gasteiger partial charge in [0.25, 0.3) is 0 Å². The molecule has 0 atom stereocenters. The smallest absolute Gasteiger partial charge is 0.491 e. The van der Waals surface area contributed by atoms with Gasteiger partial charge < -0.3 is 17.9 Å². The van der Waals surface area contributed by atoms with Crippen LogP contribution in [0.5, 0.6) is 0 Å². The number of anilines is 1. The molecule has 0 heterocycles. The molecule has 3 nitrogen and oxygen atoms in total. The van der Waals surface area contributed by atoms with Crippen LogP contribution in [0.25, 0.3) is 0 Å². The van der Waals surface area contributed by atoms with Crippen LogP contribution in [-0.4, -0.2) is 13.1 Å². The van der Waals surface area contributed by atoms with Gasteiger partial charge in [-0.3, -0.25) is 11.2 Å². The van der Waals surface area contributed by atoms with Gasteiger partial charge in [0, 0.05) is 5.69 Å². The Morgan fingerprint density at radius 3 is 1.89 bits per heavy atom. The van der Waals surface area contributed by atoms with E-state index in [0.29, 0.717) is 0 Å². The SMILES string of the molecule is CC.CC.C[CH-]C(=O)OC.Cc1cc(C)c(Cc2ccccc2)cc1N.[CH3-].[W+2]. The molecule has 0 saturated carbocycles. The summed E-state index contributed by atoms with van der Waals surface area (Å²) >= 11 is 0. The van der Waals surface area contributed by atoms with Gasteiger partial charge in [-0.25, -0.2) is 0 Å². The van der Waals surface area contributed by atoms with Gasteiger partial charge in [-0.1, -0.05) is 64.1 Å². The molecule has 0 bridgehead atoms. The van der Waals surface area contributed by atoms with Crippen molar-refractivity contribution in [1.82, 2.24) is 0 Å². The molecule has 0 aromatic heterocycles. The summed E-state index contributed by atoms with van der Waals surface area (Å²) in [5.41, 5.74) is 11.9. The summed E-state index contributed by atoms with van der Waals surface area (Å²) in [6, 6.07) is 14.7. The quantitative estimate of drug-likeness (QED) is 0.272. The normalized spacial score (nSPS) is 7.86. The molecule has 2 rings (SSSR count). The maximum atomic E-state index is 9.90. The average Bonchev–Trinajstić information content (AvgIpc) is 2.70. The Hall–Kier alpha value is -1.73. The van der Waals surface area contributed by atoms with Crippen molar-refractivity contribution in [3.63, 3.8) is 0 Å². The summed E-state index contributed by atoms with van der Waals surface area (Å²) in [6.45, 7) is 13.8. The van der Waals surface area contributed by atoms with Crippen LogP contribution in [0.3, 0.4) is 0 Å². The fraction of sp³-hybridized carbons (Fsp3) is 0.375. The molecule has 0 aliphatic carbocycles.